The molecule has 1 N–H and O–H groups in total. The quantitative estimate of drug-likeness (QED) is 0.852. The number of rotatable bonds is 4. The highest BCUT2D eigenvalue weighted by atomic mass is 16.5. The molecule has 3 aliphatic rings. The molecule has 3 aliphatic heterocycles. The van der Waals surface area contributed by atoms with Gasteiger partial charge < -0.3 is 9.84 Å². The van der Waals surface area contributed by atoms with Crippen LogP contribution < -0.4 is 0 Å². The van der Waals surface area contributed by atoms with Crippen LogP contribution in [0.3, 0.4) is 0 Å². The molecule has 7 nitrogen and oxygen atoms in total. The summed E-state index contributed by atoms with van der Waals surface area (Å²) in [6.45, 7) is 4.01. The third-order valence-electron chi connectivity index (χ3n) is 7.26. The molecule has 5 rings (SSSR count). The summed E-state index contributed by atoms with van der Waals surface area (Å²) in [5, 5.41) is 25.2. The lowest BCUT2D eigenvalue weighted by Gasteiger charge is -2.49. The van der Waals surface area contributed by atoms with Crippen LogP contribution in [-0.4, -0.2) is 68.2 Å². The second kappa shape index (κ2) is 7.78. The molecule has 0 amide bonds. The van der Waals surface area contributed by atoms with Gasteiger partial charge in [-0.15, -0.1) is 10.2 Å². The van der Waals surface area contributed by atoms with E-state index in [1.165, 1.54) is 18.4 Å². The van der Waals surface area contributed by atoms with Crippen molar-refractivity contribution in [3.8, 4) is 0 Å². The van der Waals surface area contributed by atoms with Gasteiger partial charge in [-0.1, -0.05) is 36.8 Å². The van der Waals surface area contributed by atoms with Crippen LogP contribution in [0.4, 0.5) is 0 Å². The number of piperidine rings is 2. The van der Waals surface area contributed by atoms with Crippen molar-refractivity contribution < 1.29 is 9.84 Å². The van der Waals surface area contributed by atoms with Crippen LogP contribution in [0.2, 0.25) is 0 Å². The van der Waals surface area contributed by atoms with E-state index in [1.807, 2.05) is 6.07 Å². The molecule has 1 aromatic carbocycles. The Labute approximate surface area is 172 Å². The Morgan fingerprint density at radius 3 is 2.66 bits per heavy atom. The van der Waals surface area contributed by atoms with Crippen LogP contribution >= 0.6 is 0 Å². The number of ether oxygens (including phenoxy) is 1. The van der Waals surface area contributed by atoms with Crippen LogP contribution in [-0.2, 0) is 16.7 Å². The molecule has 0 saturated carbocycles. The minimum atomic E-state index is -0.772. The summed E-state index contributed by atoms with van der Waals surface area (Å²) in [6.07, 6.45) is 7.02. The van der Waals surface area contributed by atoms with Crippen LogP contribution in [0.15, 0.2) is 30.3 Å². The van der Waals surface area contributed by atoms with Gasteiger partial charge in [0.2, 0.25) is 0 Å². The van der Waals surface area contributed by atoms with Gasteiger partial charge in [-0.05, 0) is 62.4 Å². The number of benzene rings is 1. The Morgan fingerprint density at radius 2 is 1.83 bits per heavy atom. The highest BCUT2D eigenvalue weighted by molar-refractivity contribution is 5.32. The Morgan fingerprint density at radius 1 is 1.03 bits per heavy atom. The minimum absolute atomic E-state index is 0.214. The number of hydrogen-bond acceptors (Lipinski definition) is 6. The summed E-state index contributed by atoms with van der Waals surface area (Å²) in [7, 11) is 0. The van der Waals surface area contributed by atoms with Gasteiger partial charge in [0.25, 0.3) is 0 Å². The SMILES string of the molecule is O[C@@]1(Cn2nnc(C3(c4ccccc4)CCOCC3)n2)CCCN2CCCC[C@@H]21. The van der Waals surface area contributed by atoms with Gasteiger partial charge >= 0.3 is 0 Å². The maximum Gasteiger partial charge on any atom is 0.185 e. The van der Waals surface area contributed by atoms with Crippen molar-refractivity contribution >= 4 is 0 Å². The zero-order valence-corrected chi connectivity index (χ0v) is 17.0. The molecule has 7 heteroatoms. The second-order valence-corrected chi connectivity index (χ2v) is 8.96. The van der Waals surface area contributed by atoms with Crippen LogP contribution in [0.5, 0.6) is 0 Å². The van der Waals surface area contributed by atoms with E-state index in [-0.39, 0.29) is 11.5 Å². The molecular weight excluding hydrogens is 366 g/mol. The highest BCUT2D eigenvalue weighted by Gasteiger charge is 2.45. The standard InChI is InChI=1S/C22H31N5O2/c28-22(10-6-14-26-13-5-4-9-19(22)26)17-27-24-20(23-25-27)21(11-15-29-16-12-21)18-7-2-1-3-8-18/h1-3,7-8,19,28H,4-6,9-17H2/t19-,22-/m1/s1. The molecule has 4 heterocycles. The molecule has 156 valence electrons. The van der Waals surface area contributed by atoms with Crippen molar-refractivity contribution in [1.82, 2.24) is 25.1 Å². The van der Waals surface area contributed by atoms with E-state index in [0.717, 1.165) is 51.0 Å². The van der Waals surface area contributed by atoms with E-state index in [0.29, 0.717) is 19.8 Å². The van der Waals surface area contributed by atoms with E-state index in [1.54, 1.807) is 4.80 Å². The van der Waals surface area contributed by atoms with Gasteiger partial charge in [-0.25, -0.2) is 0 Å². The first-order valence-corrected chi connectivity index (χ1v) is 11.1. The maximum atomic E-state index is 11.5. The monoisotopic (exact) mass is 397 g/mol. The number of hydrogen-bond donors (Lipinski definition) is 1. The molecule has 0 radical (unpaired) electrons. The summed E-state index contributed by atoms with van der Waals surface area (Å²) < 4.78 is 5.64. The van der Waals surface area contributed by atoms with E-state index in [4.69, 9.17) is 9.84 Å². The molecule has 0 aliphatic carbocycles. The average molecular weight is 398 g/mol. The van der Waals surface area contributed by atoms with Crippen molar-refractivity contribution in [1.29, 1.82) is 0 Å². The van der Waals surface area contributed by atoms with Crippen molar-refractivity contribution in [2.75, 3.05) is 26.3 Å². The van der Waals surface area contributed by atoms with E-state index < -0.39 is 5.60 Å². The average Bonchev–Trinajstić information content (AvgIpc) is 3.24. The van der Waals surface area contributed by atoms with Gasteiger partial charge in [0, 0.05) is 19.3 Å². The molecular formula is C22H31N5O2. The second-order valence-electron chi connectivity index (χ2n) is 8.96. The molecule has 0 spiro atoms. The number of tetrazole rings is 1. The van der Waals surface area contributed by atoms with Gasteiger partial charge in [-0.2, -0.15) is 4.80 Å². The van der Waals surface area contributed by atoms with E-state index >= 15 is 0 Å². The highest BCUT2D eigenvalue weighted by Crippen LogP contribution is 2.39. The fourth-order valence-electron chi connectivity index (χ4n) is 5.67. The van der Waals surface area contributed by atoms with E-state index in [9.17, 15) is 5.11 Å². The Kier molecular flexibility index (Phi) is 5.14. The summed E-state index contributed by atoms with van der Waals surface area (Å²) in [5.74, 6) is 0.756. The van der Waals surface area contributed by atoms with Crippen LogP contribution in [0, 0.1) is 0 Å². The Balaban J connectivity index is 1.42. The van der Waals surface area contributed by atoms with Gasteiger partial charge in [0.05, 0.1) is 12.0 Å². The van der Waals surface area contributed by atoms with Gasteiger partial charge in [-0.3, -0.25) is 4.90 Å². The van der Waals surface area contributed by atoms with Crippen molar-refractivity contribution in [2.45, 2.75) is 68.5 Å². The minimum Gasteiger partial charge on any atom is -0.386 e. The van der Waals surface area contributed by atoms with Crippen LogP contribution in [0.1, 0.15) is 56.3 Å². The first-order chi connectivity index (χ1) is 14.2. The molecule has 3 fully saturated rings. The third-order valence-corrected chi connectivity index (χ3v) is 7.26. The Bertz CT molecular complexity index is 818. The van der Waals surface area contributed by atoms with Crippen molar-refractivity contribution in [2.24, 2.45) is 0 Å². The molecule has 0 unspecified atom stereocenters. The summed E-state index contributed by atoms with van der Waals surface area (Å²) in [6, 6.07) is 10.7. The fourth-order valence-corrected chi connectivity index (χ4v) is 5.67. The molecule has 29 heavy (non-hydrogen) atoms. The number of nitrogens with zero attached hydrogens (tertiary/aromatic N) is 5. The van der Waals surface area contributed by atoms with Gasteiger partial charge in [0.1, 0.15) is 5.60 Å². The zero-order valence-electron chi connectivity index (χ0n) is 17.0. The summed E-state index contributed by atoms with van der Waals surface area (Å²) in [5.41, 5.74) is 0.188. The summed E-state index contributed by atoms with van der Waals surface area (Å²) >= 11 is 0. The summed E-state index contributed by atoms with van der Waals surface area (Å²) in [4.78, 5) is 4.11. The maximum absolute atomic E-state index is 11.5. The number of aliphatic hydroxyl groups is 1. The normalized spacial score (nSPS) is 30.0. The number of aromatic nitrogens is 4. The molecule has 3 saturated heterocycles. The molecule has 2 atom stereocenters. The van der Waals surface area contributed by atoms with Crippen molar-refractivity contribution in [3.05, 3.63) is 41.7 Å². The van der Waals surface area contributed by atoms with Crippen LogP contribution in [0.25, 0.3) is 0 Å². The number of fused-ring (bicyclic) bond motifs is 1. The topological polar surface area (TPSA) is 76.3 Å². The lowest BCUT2D eigenvalue weighted by molar-refractivity contribution is -0.107. The third kappa shape index (κ3) is 3.49. The van der Waals surface area contributed by atoms with Crippen molar-refractivity contribution in [3.63, 3.8) is 0 Å². The smallest absolute Gasteiger partial charge is 0.185 e. The first kappa shape index (κ1) is 19.2. The molecule has 1 aromatic heterocycles. The lowest BCUT2D eigenvalue weighted by Crippen LogP contribution is -2.60. The lowest BCUT2D eigenvalue weighted by atomic mass is 9.73. The molecule has 2 aromatic rings. The zero-order chi connectivity index (χ0) is 19.7. The largest absolute Gasteiger partial charge is 0.386 e. The first-order valence-electron chi connectivity index (χ1n) is 11.1. The van der Waals surface area contributed by atoms with Gasteiger partial charge in [0.15, 0.2) is 5.82 Å². The predicted molar refractivity (Wildman–Crippen MR) is 108 cm³/mol. The Hall–Kier alpha value is -1.83. The van der Waals surface area contributed by atoms with E-state index in [2.05, 4.69) is 39.5 Å². The molecule has 0 bridgehead atoms. The predicted octanol–water partition coefficient (Wildman–Crippen LogP) is 2.15. The fraction of sp³-hybridized carbons (Fsp3) is 0.682.